The maximum absolute atomic E-state index is 12.4. The minimum atomic E-state index is -3.41. The van der Waals surface area contributed by atoms with Crippen LogP contribution in [0, 0.1) is 18.8 Å². The molecule has 1 aromatic carbocycles. The van der Waals surface area contributed by atoms with Crippen LogP contribution in [0.3, 0.4) is 0 Å². The second-order valence-electron chi connectivity index (χ2n) is 5.55. The van der Waals surface area contributed by atoms with Crippen molar-refractivity contribution in [3.05, 3.63) is 28.2 Å². The summed E-state index contributed by atoms with van der Waals surface area (Å²) in [7, 11) is -3.41. The second-order valence-corrected chi connectivity index (χ2v) is 8.12. The fourth-order valence-electron chi connectivity index (χ4n) is 2.58. The van der Waals surface area contributed by atoms with Gasteiger partial charge >= 0.3 is 0 Å². The van der Waals surface area contributed by atoms with Crippen LogP contribution in [0.5, 0.6) is 0 Å². The number of hydrogen-bond acceptors (Lipinski definition) is 2. The third kappa shape index (κ3) is 3.20. The largest absolute Gasteiger partial charge is 0.240 e. The molecule has 1 saturated carbocycles. The van der Waals surface area contributed by atoms with E-state index in [1.54, 1.807) is 18.2 Å². The molecule has 3 unspecified atom stereocenters. The second kappa shape index (κ2) is 5.54. The standard InChI is InChI=1S/C14H20BrNO2S/c1-9-4-7-14(11(9)3)16-19(17,18)12-5-6-13(15)10(2)8-12/h5-6,8-9,11,14,16H,4,7H2,1-3H3. The Morgan fingerprint density at radius 3 is 2.47 bits per heavy atom. The molecule has 0 bridgehead atoms. The van der Waals surface area contributed by atoms with E-state index in [1.807, 2.05) is 6.92 Å². The van der Waals surface area contributed by atoms with Gasteiger partial charge in [-0.3, -0.25) is 0 Å². The predicted molar refractivity (Wildman–Crippen MR) is 80.6 cm³/mol. The first-order valence-electron chi connectivity index (χ1n) is 6.60. The van der Waals surface area contributed by atoms with Crippen molar-refractivity contribution in [3.63, 3.8) is 0 Å². The Morgan fingerprint density at radius 2 is 1.95 bits per heavy atom. The number of aryl methyl sites for hydroxylation is 1. The molecule has 3 atom stereocenters. The highest BCUT2D eigenvalue weighted by Crippen LogP contribution is 2.32. The first-order valence-corrected chi connectivity index (χ1v) is 8.87. The summed E-state index contributed by atoms with van der Waals surface area (Å²) in [6, 6.07) is 5.19. The lowest BCUT2D eigenvalue weighted by atomic mass is 9.98. The van der Waals surface area contributed by atoms with Crippen molar-refractivity contribution in [1.29, 1.82) is 0 Å². The molecule has 1 fully saturated rings. The number of rotatable bonds is 3. The van der Waals surface area contributed by atoms with Gasteiger partial charge in [0.2, 0.25) is 10.0 Å². The third-order valence-electron chi connectivity index (χ3n) is 4.21. The van der Waals surface area contributed by atoms with Crippen LogP contribution in [0.15, 0.2) is 27.6 Å². The van der Waals surface area contributed by atoms with Crippen LogP contribution in [0.1, 0.15) is 32.3 Å². The lowest BCUT2D eigenvalue weighted by molar-refractivity contribution is 0.402. The van der Waals surface area contributed by atoms with Gasteiger partial charge in [-0.05, 0) is 55.4 Å². The van der Waals surface area contributed by atoms with Gasteiger partial charge < -0.3 is 0 Å². The van der Waals surface area contributed by atoms with Crippen LogP contribution in [0.2, 0.25) is 0 Å². The molecule has 0 spiro atoms. The molecule has 1 aliphatic carbocycles. The molecule has 1 N–H and O–H groups in total. The summed E-state index contributed by atoms with van der Waals surface area (Å²) in [5.41, 5.74) is 0.927. The van der Waals surface area contributed by atoms with E-state index in [4.69, 9.17) is 0 Å². The van der Waals surface area contributed by atoms with Gasteiger partial charge in [-0.25, -0.2) is 13.1 Å². The molecule has 1 aliphatic rings. The molecule has 1 aromatic rings. The van der Waals surface area contributed by atoms with Crippen LogP contribution < -0.4 is 4.72 Å². The Balaban J connectivity index is 2.21. The molecule has 0 radical (unpaired) electrons. The van der Waals surface area contributed by atoms with Crippen molar-refractivity contribution >= 4 is 26.0 Å². The zero-order valence-electron chi connectivity index (χ0n) is 11.5. The number of sulfonamides is 1. The summed E-state index contributed by atoms with van der Waals surface area (Å²) in [5.74, 6) is 0.977. The highest BCUT2D eigenvalue weighted by atomic mass is 79.9. The topological polar surface area (TPSA) is 46.2 Å². The van der Waals surface area contributed by atoms with Gasteiger partial charge in [-0.1, -0.05) is 29.8 Å². The number of nitrogens with one attached hydrogen (secondary N) is 1. The Bertz CT molecular complexity index is 571. The fourth-order valence-corrected chi connectivity index (χ4v) is 4.28. The smallest absolute Gasteiger partial charge is 0.208 e. The lowest BCUT2D eigenvalue weighted by Gasteiger charge is -2.19. The average molecular weight is 346 g/mol. The highest BCUT2D eigenvalue weighted by Gasteiger charge is 2.33. The van der Waals surface area contributed by atoms with Gasteiger partial charge in [0.05, 0.1) is 4.90 Å². The van der Waals surface area contributed by atoms with Crippen molar-refractivity contribution in [2.75, 3.05) is 0 Å². The number of benzene rings is 1. The Hall–Kier alpha value is -0.390. The van der Waals surface area contributed by atoms with Gasteiger partial charge in [0.15, 0.2) is 0 Å². The molecule has 0 aliphatic heterocycles. The molecule has 0 amide bonds. The quantitative estimate of drug-likeness (QED) is 0.911. The number of halogens is 1. The minimum absolute atomic E-state index is 0.0592. The van der Waals surface area contributed by atoms with Crippen molar-refractivity contribution in [1.82, 2.24) is 4.72 Å². The predicted octanol–water partition coefficient (Wildman–Crippen LogP) is 3.47. The molecule has 0 heterocycles. The first-order chi connectivity index (χ1) is 8.81. The Kier molecular flexibility index (Phi) is 4.38. The van der Waals surface area contributed by atoms with Crippen molar-refractivity contribution in [3.8, 4) is 0 Å². The molecule has 19 heavy (non-hydrogen) atoms. The van der Waals surface area contributed by atoms with Crippen LogP contribution in [0.4, 0.5) is 0 Å². The maximum Gasteiger partial charge on any atom is 0.240 e. The van der Waals surface area contributed by atoms with Crippen LogP contribution in [-0.2, 0) is 10.0 Å². The van der Waals surface area contributed by atoms with Crippen molar-refractivity contribution in [2.45, 2.75) is 44.6 Å². The zero-order chi connectivity index (χ0) is 14.2. The summed E-state index contributed by atoms with van der Waals surface area (Å²) in [6.45, 7) is 6.20. The van der Waals surface area contributed by atoms with Gasteiger partial charge in [-0.2, -0.15) is 0 Å². The summed E-state index contributed by atoms with van der Waals surface area (Å²) in [6.07, 6.45) is 2.02. The summed E-state index contributed by atoms with van der Waals surface area (Å²) < 4.78 is 28.5. The summed E-state index contributed by atoms with van der Waals surface area (Å²) >= 11 is 3.39. The third-order valence-corrected chi connectivity index (χ3v) is 6.59. The van der Waals surface area contributed by atoms with Gasteiger partial charge in [-0.15, -0.1) is 0 Å². The molecule has 0 saturated heterocycles. The Morgan fingerprint density at radius 1 is 1.26 bits per heavy atom. The fraction of sp³-hybridized carbons (Fsp3) is 0.571. The average Bonchev–Trinajstić information content (AvgIpc) is 2.64. The van der Waals surface area contributed by atoms with E-state index < -0.39 is 10.0 Å². The van der Waals surface area contributed by atoms with E-state index in [9.17, 15) is 8.42 Å². The van der Waals surface area contributed by atoms with Crippen LogP contribution >= 0.6 is 15.9 Å². The molecular formula is C14H20BrNO2S. The van der Waals surface area contributed by atoms with E-state index in [2.05, 4.69) is 34.5 Å². The van der Waals surface area contributed by atoms with E-state index in [0.29, 0.717) is 16.7 Å². The molecule has 0 aromatic heterocycles. The molecule has 5 heteroatoms. The van der Waals surface area contributed by atoms with Crippen LogP contribution in [0.25, 0.3) is 0 Å². The van der Waals surface area contributed by atoms with E-state index in [1.165, 1.54) is 0 Å². The van der Waals surface area contributed by atoms with E-state index in [-0.39, 0.29) is 6.04 Å². The van der Waals surface area contributed by atoms with Crippen molar-refractivity contribution in [2.24, 2.45) is 11.8 Å². The Labute approximate surface area is 124 Å². The molecule has 2 rings (SSSR count). The zero-order valence-corrected chi connectivity index (χ0v) is 13.9. The molecule has 106 valence electrons. The van der Waals surface area contributed by atoms with Gasteiger partial charge in [0.1, 0.15) is 0 Å². The van der Waals surface area contributed by atoms with Crippen molar-refractivity contribution < 1.29 is 8.42 Å². The van der Waals surface area contributed by atoms with Crippen LogP contribution in [-0.4, -0.2) is 14.5 Å². The van der Waals surface area contributed by atoms with E-state index in [0.717, 1.165) is 22.9 Å². The maximum atomic E-state index is 12.4. The molecule has 3 nitrogen and oxygen atoms in total. The first kappa shape index (κ1) is 15.0. The van der Waals surface area contributed by atoms with E-state index >= 15 is 0 Å². The van der Waals surface area contributed by atoms with Gasteiger partial charge in [0.25, 0.3) is 0 Å². The SMILES string of the molecule is Cc1cc(S(=O)(=O)NC2CCC(C)C2C)ccc1Br. The van der Waals surface area contributed by atoms with Gasteiger partial charge in [0, 0.05) is 10.5 Å². The highest BCUT2D eigenvalue weighted by molar-refractivity contribution is 9.10. The summed E-state index contributed by atoms with van der Waals surface area (Å²) in [5, 5.41) is 0. The summed E-state index contributed by atoms with van der Waals surface area (Å²) in [4.78, 5) is 0.347. The normalized spacial score (nSPS) is 27.7. The monoisotopic (exact) mass is 345 g/mol. The minimum Gasteiger partial charge on any atom is -0.208 e. The number of hydrogen-bond donors (Lipinski definition) is 1. The lowest BCUT2D eigenvalue weighted by Crippen LogP contribution is -2.37. The molecular weight excluding hydrogens is 326 g/mol.